The third-order valence-corrected chi connectivity index (χ3v) is 5.18. The second-order valence-electron chi connectivity index (χ2n) is 6.65. The molecule has 1 aromatic rings. The average Bonchev–Trinajstić information content (AvgIpc) is 2.92. The molecule has 1 N–H and O–H groups in total. The van der Waals surface area contributed by atoms with Crippen LogP contribution in [0, 0.1) is 10.1 Å². The summed E-state index contributed by atoms with van der Waals surface area (Å²) in [5, 5.41) is 21.7. The van der Waals surface area contributed by atoms with Crippen molar-refractivity contribution in [1.82, 2.24) is 0 Å². The van der Waals surface area contributed by atoms with E-state index < -0.39 is 10.5 Å². The zero-order chi connectivity index (χ0) is 16.3. The fourth-order valence-corrected chi connectivity index (χ4v) is 3.69. The molecule has 0 bridgehead atoms. The zero-order valence-corrected chi connectivity index (χ0v) is 14.1. The molecule has 0 radical (unpaired) electrons. The van der Waals surface area contributed by atoms with Crippen LogP contribution in [0.3, 0.4) is 0 Å². The molecule has 0 aliphatic heterocycles. The van der Waals surface area contributed by atoms with Crippen LogP contribution in [-0.4, -0.2) is 31.9 Å². The summed E-state index contributed by atoms with van der Waals surface area (Å²) in [6.45, 7) is 5.64. The molecule has 1 aliphatic carbocycles. The van der Waals surface area contributed by atoms with Gasteiger partial charge in [-0.2, -0.15) is 0 Å². The Morgan fingerprint density at radius 1 is 1.32 bits per heavy atom. The summed E-state index contributed by atoms with van der Waals surface area (Å²) >= 11 is 1.76. The second kappa shape index (κ2) is 6.69. The van der Waals surface area contributed by atoms with Gasteiger partial charge in [0.1, 0.15) is 0 Å². The molecule has 1 fully saturated rings. The molecular formula is C16H23N2O3S+. The summed E-state index contributed by atoms with van der Waals surface area (Å²) in [4.78, 5) is 11.6. The number of hydrogen-bond acceptors (Lipinski definition) is 4. The number of thioether (sulfide) groups is 1. The number of hydrogen-bond donors (Lipinski definition) is 1. The molecule has 0 spiro atoms. The number of rotatable bonds is 4. The highest BCUT2D eigenvalue weighted by Gasteiger charge is 2.26. The van der Waals surface area contributed by atoms with Crippen LogP contribution in [-0.2, 0) is 0 Å². The van der Waals surface area contributed by atoms with Crippen molar-refractivity contribution < 1.29 is 14.9 Å². The van der Waals surface area contributed by atoms with Crippen molar-refractivity contribution in [1.29, 1.82) is 0 Å². The monoisotopic (exact) mass is 323 g/mol. The Morgan fingerprint density at radius 3 is 2.50 bits per heavy atom. The number of nitrogens with zero attached hydrogens (tertiary/aromatic N) is 2. The first kappa shape index (κ1) is 16.8. The van der Waals surface area contributed by atoms with Crippen LogP contribution in [0.2, 0.25) is 0 Å². The molecule has 2 rings (SSSR count). The van der Waals surface area contributed by atoms with Gasteiger partial charge >= 0.3 is 0 Å². The molecule has 6 heteroatoms. The van der Waals surface area contributed by atoms with Crippen molar-refractivity contribution in [3.63, 3.8) is 0 Å². The Kier molecular flexibility index (Phi) is 5.11. The van der Waals surface area contributed by atoms with E-state index in [0.717, 1.165) is 9.63 Å². The Bertz CT molecular complexity index is 588. The number of nitro groups is 1. The van der Waals surface area contributed by atoms with Gasteiger partial charge in [0.15, 0.2) is 0 Å². The smallest absolute Gasteiger partial charge is 0.270 e. The van der Waals surface area contributed by atoms with E-state index in [4.69, 9.17) is 0 Å². The minimum Gasteiger partial charge on any atom is -0.290 e. The summed E-state index contributed by atoms with van der Waals surface area (Å²) in [6, 6.07) is 4.86. The molecule has 0 unspecified atom stereocenters. The van der Waals surface area contributed by atoms with Crippen LogP contribution in [0.5, 0.6) is 0 Å². The van der Waals surface area contributed by atoms with Gasteiger partial charge in [-0.3, -0.25) is 15.3 Å². The van der Waals surface area contributed by atoms with E-state index in [1.807, 2.05) is 20.8 Å². The Hall–Kier alpha value is -1.56. The lowest BCUT2D eigenvalue weighted by atomic mass is 10.1. The molecule has 0 aromatic heterocycles. The topological polar surface area (TPSA) is 66.4 Å². The normalized spacial score (nSPS) is 17.0. The summed E-state index contributed by atoms with van der Waals surface area (Å²) in [5.41, 5.74) is 0.285. The largest absolute Gasteiger partial charge is 0.290 e. The number of hydroxylamine groups is 1. The van der Waals surface area contributed by atoms with Crippen LogP contribution < -0.4 is 0 Å². The zero-order valence-electron chi connectivity index (χ0n) is 13.3. The van der Waals surface area contributed by atoms with Crippen molar-refractivity contribution in [2.75, 3.05) is 0 Å². The maximum Gasteiger partial charge on any atom is 0.270 e. The Labute approximate surface area is 135 Å². The molecule has 0 saturated heterocycles. The summed E-state index contributed by atoms with van der Waals surface area (Å²) < 4.78 is 1.12. The Balaban J connectivity index is 2.37. The minimum atomic E-state index is -0.458. The van der Waals surface area contributed by atoms with Crippen LogP contribution in [0.25, 0.3) is 0 Å². The highest BCUT2D eigenvalue weighted by molar-refractivity contribution is 8.00. The van der Waals surface area contributed by atoms with Crippen molar-refractivity contribution in [3.8, 4) is 0 Å². The molecule has 0 amide bonds. The van der Waals surface area contributed by atoms with Crippen molar-refractivity contribution in [2.45, 2.75) is 62.1 Å². The van der Waals surface area contributed by atoms with Crippen LogP contribution in [0.15, 0.2) is 23.1 Å². The summed E-state index contributed by atoms with van der Waals surface area (Å²) in [7, 11) is 0. The van der Waals surface area contributed by atoms with E-state index in [0.29, 0.717) is 10.8 Å². The van der Waals surface area contributed by atoms with Gasteiger partial charge < -0.3 is 0 Å². The predicted molar refractivity (Wildman–Crippen MR) is 88.2 cm³/mol. The highest BCUT2D eigenvalue weighted by Crippen LogP contribution is 2.36. The van der Waals surface area contributed by atoms with E-state index >= 15 is 0 Å². The van der Waals surface area contributed by atoms with E-state index in [9.17, 15) is 15.3 Å². The van der Waals surface area contributed by atoms with Gasteiger partial charge in [0.2, 0.25) is 11.8 Å². The third kappa shape index (κ3) is 4.22. The van der Waals surface area contributed by atoms with Gasteiger partial charge in [-0.1, -0.05) is 12.8 Å². The van der Waals surface area contributed by atoms with Crippen LogP contribution >= 0.6 is 11.8 Å². The van der Waals surface area contributed by atoms with Gasteiger partial charge in [-0.15, -0.1) is 11.8 Å². The first-order valence-corrected chi connectivity index (χ1v) is 8.43. The maximum atomic E-state index is 11.0. The van der Waals surface area contributed by atoms with Crippen LogP contribution in [0.4, 0.5) is 5.69 Å². The van der Waals surface area contributed by atoms with E-state index in [-0.39, 0.29) is 5.69 Å². The van der Waals surface area contributed by atoms with Crippen LogP contribution in [0.1, 0.15) is 52.0 Å². The number of nitro benzene ring substituents is 1. The fraction of sp³-hybridized carbons (Fsp3) is 0.562. The summed E-state index contributed by atoms with van der Waals surface area (Å²) in [6.07, 6.45) is 6.45. The molecule has 0 atom stereocenters. The van der Waals surface area contributed by atoms with E-state index in [1.165, 1.54) is 37.8 Å². The van der Waals surface area contributed by atoms with Gasteiger partial charge in [0, 0.05) is 43.0 Å². The van der Waals surface area contributed by atoms with E-state index in [1.54, 1.807) is 24.0 Å². The quantitative estimate of drug-likeness (QED) is 0.296. The predicted octanol–water partition coefficient (Wildman–Crippen LogP) is 4.25. The number of benzene rings is 1. The number of non-ortho nitro benzene ring substituents is 1. The first-order valence-electron chi connectivity index (χ1n) is 7.55. The SMILES string of the molecule is CC(C)(C)/[N+](O)=C/c1cc([N+](=O)[O-])ccc1SC1CCCC1. The second-order valence-corrected chi connectivity index (χ2v) is 7.99. The highest BCUT2D eigenvalue weighted by atomic mass is 32.2. The minimum absolute atomic E-state index is 0.0457. The molecular weight excluding hydrogens is 300 g/mol. The average molecular weight is 323 g/mol. The summed E-state index contributed by atoms with van der Waals surface area (Å²) in [5.74, 6) is 0. The maximum absolute atomic E-state index is 11.0. The molecule has 120 valence electrons. The lowest BCUT2D eigenvalue weighted by Crippen LogP contribution is -2.31. The lowest BCUT2D eigenvalue weighted by molar-refractivity contribution is -0.816. The fourth-order valence-electron chi connectivity index (χ4n) is 2.37. The molecule has 0 heterocycles. The van der Waals surface area contributed by atoms with Gasteiger partial charge in [-0.05, 0) is 23.6 Å². The van der Waals surface area contributed by atoms with Gasteiger partial charge in [0.25, 0.3) is 5.69 Å². The van der Waals surface area contributed by atoms with Crippen molar-refractivity contribution in [3.05, 3.63) is 33.9 Å². The lowest BCUT2D eigenvalue weighted by Gasteiger charge is -2.12. The standard InChI is InChI=1S/C16H23N2O3S/c1-16(2,3)17(19)11-12-10-13(18(20)21)8-9-15(12)22-14-6-4-5-7-14/h8-11,14,19H,4-7H2,1-3H3/q+1/b17-11-. The van der Waals surface area contributed by atoms with Gasteiger partial charge in [-0.25, -0.2) is 0 Å². The third-order valence-electron chi connectivity index (χ3n) is 3.75. The van der Waals surface area contributed by atoms with Crippen molar-refractivity contribution in [2.24, 2.45) is 0 Å². The Morgan fingerprint density at radius 2 is 1.95 bits per heavy atom. The molecule has 1 aromatic carbocycles. The molecule has 1 saturated carbocycles. The van der Waals surface area contributed by atoms with Gasteiger partial charge in [0.05, 0.1) is 10.5 Å². The van der Waals surface area contributed by atoms with Crippen molar-refractivity contribution >= 4 is 23.7 Å². The van der Waals surface area contributed by atoms with E-state index in [2.05, 4.69) is 0 Å². The first-order chi connectivity index (χ1) is 10.3. The molecule has 22 heavy (non-hydrogen) atoms. The molecule has 5 nitrogen and oxygen atoms in total. The molecule has 1 aliphatic rings.